The van der Waals surface area contributed by atoms with Crippen LogP contribution in [0.25, 0.3) is 0 Å². The number of likely N-dealkylation sites (tertiary alicyclic amines) is 1. The Balaban J connectivity index is 1.93. The molecule has 2 aliphatic rings. The van der Waals surface area contributed by atoms with Crippen LogP contribution in [-0.4, -0.2) is 40.6 Å². The number of aliphatic carboxylic acids is 1. The Morgan fingerprint density at radius 2 is 1.95 bits per heavy atom. The first-order valence-corrected chi connectivity index (χ1v) is 7.05. The number of carboxylic acids is 1. The fourth-order valence-corrected chi connectivity index (χ4v) is 2.86. The van der Waals surface area contributed by atoms with Crippen LogP contribution in [0.4, 0.5) is 4.79 Å². The average molecular weight is 268 g/mol. The molecule has 0 bridgehead atoms. The molecule has 0 radical (unpaired) electrons. The molecule has 2 N–H and O–H groups in total. The number of carboxylic acid groups (broad SMARTS) is 1. The normalized spacial score (nSPS) is 25.8. The quantitative estimate of drug-likeness (QED) is 0.805. The highest BCUT2D eigenvalue weighted by atomic mass is 16.4. The van der Waals surface area contributed by atoms with Gasteiger partial charge in [0.2, 0.25) is 0 Å². The van der Waals surface area contributed by atoms with Gasteiger partial charge in [-0.15, -0.1) is 0 Å². The lowest BCUT2D eigenvalue weighted by atomic mass is 9.77. The molecule has 5 heteroatoms. The van der Waals surface area contributed by atoms with Crippen molar-refractivity contribution in [2.24, 2.45) is 11.3 Å². The number of nitrogens with zero attached hydrogens (tertiary/aromatic N) is 1. The number of hydrogen-bond acceptors (Lipinski definition) is 2. The molecule has 108 valence electrons. The van der Waals surface area contributed by atoms with Crippen LogP contribution in [0.3, 0.4) is 0 Å². The van der Waals surface area contributed by atoms with Crippen LogP contribution in [0.2, 0.25) is 0 Å². The highest BCUT2D eigenvalue weighted by Crippen LogP contribution is 2.35. The summed E-state index contributed by atoms with van der Waals surface area (Å²) in [5.41, 5.74) is -0.813. The summed E-state index contributed by atoms with van der Waals surface area (Å²) in [6, 6.07) is -0.214. The van der Waals surface area contributed by atoms with E-state index in [4.69, 9.17) is 0 Å². The molecule has 1 saturated carbocycles. The number of hydrogen-bond donors (Lipinski definition) is 2. The third-order valence-corrected chi connectivity index (χ3v) is 4.66. The zero-order chi connectivity index (χ0) is 14.3. The second kappa shape index (κ2) is 4.69. The lowest BCUT2D eigenvalue weighted by Gasteiger charge is -2.39. The highest BCUT2D eigenvalue weighted by molar-refractivity contribution is 5.87. The molecule has 5 nitrogen and oxygen atoms in total. The van der Waals surface area contributed by atoms with Gasteiger partial charge in [0.25, 0.3) is 0 Å². The van der Waals surface area contributed by atoms with Crippen LogP contribution >= 0.6 is 0 Å². The van der Waals surface area contributed by atoms with E-state index in [9.17, 15) is 14.7 Å². The van der Waals surface area contributed by atoms with Gasteiger partial charge >= 0.3 is 12.0 Å². The summed E-state index contributed by atoms with van der Waals surface area (Å²) in [5.74, 6) is -0.418. The first kappa shape index (κ1) is 14.2. The molecule has 2 rings (SSSR count). The maximum Gasteiger partial charge on any atom is 0.329 e. The predicted octanol–water partition coefficient (Wildman–Crippen LogP) is 2.07. The van der Waals surface area contributed by atoms with Crippen LogP contribution in [0.15, 0.2) is 0 Å². The standard InChI is InChI=1S/C14H24N2O3/c1-13(2,3)10-5-8-16(9-10)12(19)15-14(11(17)18)6-4-7-14/h10H,4-9H2,1-3H3,(H,15,19)(H,17,18). The van der Waals surface area contributed by atoms with Gasteiger partial charge in [0.05, 0.1) is 0 Å². The van der Waals surface area contributed by atoms with Gasteiger partial charge in [-0.1, -0.05) is 20.8 Å². The van der Waals surface area contributed by atoms with Crippen LogP contribution in [0.5, 0.6) is 0 Å². The van der Waals surface area contributed by atoms with Gasteiger partial charge in [0, 0.05) is 13.1 Å². The molecule has 0 aromatic carbocycles. The van der Waals surface area contributed by atoms with Gasteiger partial charge in [-0.25, -0.2) is 9.59 Å². The van der Waals surface area contributed by atoms with E-state index in [0.29, 0.717) is 18.8 Å². The number of amides is 2. The molecule has 1 atom stereocenters. The Bertz CT molecular complexity index is 383. The minimum Gasteiger partial charge on any atom is -0.480 e. The van der Waals surface area contributed by atoms with E-state index in [2.05, 4.69) is 26.1 Å². The van der Waals surface area contributed by atoms with Crippen molar-refractivity contribution in [1.29, 1.82) is 0 Å². The van der Waals surface area contributed by atoms with Gasteiger partial charge in [0.1, 0.15) is 5.54 Å². The number of urea groups is 1. The van der Waals surface area contributed by atoms with Crippen molar-refractivity contribution in [3.05, 3.63) is 0 Å². The van der Waals surface area contributed by atoms with Crippen molar-refractivity contribution >= 4 is 12.0 Å². The van der Waals surface area contributed by atoms with Crippen LogP contribution in [0, 0.1) is 11.3 Å². The Hall–Kier alpha value is -1.26. The molecular formula is C14H24N2O3. The smallest absolute Gasteiger partial charge is 0.329 e. The van der Waals surface area contributed by atoms with Crippen molar-refractivity contribution < 1.29 is 14.7 Å². The first-order chi connectivity index (χ1) is 8.74. The molecule has 0 spiro atoms. The molecule has 2 fully saturated rings. The third kappa shape index (κ3) is 2.69. The Kier molecular flexibility index (Phi) is 3.49. The Morgan fingerprint density at radius 3 is 2.32 bits per heavy atom. The van der Waals surface area contributed by atoms with Gasteiger partial charge in [-0.3, -0.25) is 0 Å². The fourth-order valence-electron chi connectivity index (χ4n) is 2.86. The second-order valence-corrected chi connectivity index (χ2v) is 6.97. The summed E-state index contributed by atoms with van der Waals surface area (Å²) < 4.78 is 0. The molecule has 1 aliphatic carbocycles. The van der Waals surface area contributed by atoms with Gasteiger partial charge in [-0.05, 0) is 37.0 Å². The number of carbonyl (C=O) groups excluding carboxylic acids is 1. The van der Waals surface area contributed by atoms with Crippen LogP contribution in [0.1, 0.15) is 46.5 Å². The summed E-state index contributed by atoms with van der Waals surface area (Å²) in [6.07, 6.45) is 2.96. The molecule has 0 aromatic heterocycles. The highest BCUT2D eigenvalue weighted by Gasteiger charge is 2.47. The third-order valence-electron chi connectivity index (χ3n) is 4.66. The van der Waals surface area contributed by atoms with Gasteiger partial charge < -0.3 is 15.3 Å². The fraction of sp³-hybridized carbons (Fsp3) is 0.857. The number of rotatable bonds is 2. The van der Waals surface area contributed by atoms with Crippen molar-refractivity contribution in [3.8, 4) is 0 Å². The van der Waals surface area contributed by atoms with E-state index < -0.39 is 11.5 Å². The molecule has 1 saturated heterocycles. The topological polar surface area (TPSA) is 69.6 Å². The van der Waals surface area contributed by atoms with Crippen LogP contribution < -0.4 is 5.32 Å². The minimum absolute atomic E-state index is 0.190. The maximum atomic E-state index is 12.2. The summed E-state index contributed by atoms with van der Waals surface area (Å²) in [4.78, 5) is 25.2. The number of nitrogens with one attached hydrogen (secondary N) is 1. The maximum absolute atomic E-state index is 12.2. The van der Waals surface area contributed by atoms with Crippen molar-refractivity contribution in [2.45, 2.75) is 52.0 Å². The average Bonchev–Trinajstić information content (AvgIpc) is 2.70. The van der Waals surface area contributed by atoms with E-state index >= 15 is 0 Å². The first-order valence-electron chi connectivity index (χ1n) is 7.05. The van der Waals surface area contributed by atoms with E-state index in [-0.39, 0.29) is 11.4 Å². The lowest BCUT2D eigenvalue weighted by molar-refractivity contribution is -0.148. The molecule has 1 aliphatic heterocycles. The van der Waals surface area contributed by atoms with Gasteiger partial charge in [-0.2, -0.15) is 0 Å². The number of carbonyl (C=O) groups is 2. The largest absolute Gasteiger partial charge is 0.480 e. The zero-order valence-electron chi connectivity index (χ0n) is 12.0. The zero-order valence-corrected chi connectivity index (χ0v) is 12.0. The molecule has 1 heterocycles. The SMILES string of the molecule is CC(C)(C)C1CCN(C(=O)NC2(C(=O)O)CCC2)C1. The van der Waals surface area contributed by atoms with Crippen molar-refractivity contribution in [3.63, 3.8) is 0 Å². The molecular weight excluding hydrogens is 244 g/mol. The van der Waals surface area contributed by atoms with E-state index in [1.165, 1.54) is 0 Å². The summed E-state index contributed by atoms with van der Waals surface area (Å²) >= 11 is 0. The molecule has 2 amide bonds. The monoisotopic (exact) mass is 268 g/mol. The Labute approximate surface area is 114 Å². The predicted molar refractivity (Wildman–Crippen MR) is 71.9 cm³/mol. The molecule has 0 aromatic rings. The summed E-state index contributed by atoms with van der Waals surface area (Å²) in [6.45, 7) is 8.01. The Morgan fingerprint density at radius 1 is 1.32 bits per heavy atom. The summed E-state index contributed by atoms with van der Waals surface area (Å²) in [5, 5.41) is 12.0. The minimum atomic E-state index is -1.00. The van der Waals surface area contributed by atoms with Crippen molar-refractivity contribution in [1.82, 2.24) is 10.2 Å². The van der Waals surface area contributed by atoms with Crippen LogP contribution in [-0.2, 0) is 4.79 Å². The van der Waals surface area contributed by atoms with Gasteiger partial charge in [0.15, 0.2) is 0 Å². The van der Waals surface area contributed by atoms with E-state index in [1.807, 2.05) is 0 Å². The van der Waals surface area contributed by atoms with E-state index in [1.54, 1.807) is 4.90 Å². The van der Waals surface area contributed by atoms with Crippen molar-refractivity contribution in [2.75, 3.05) is 13.1 Å². The second-order valence-electron chi connectivity index (χ2n) is 6.97. The lowest BCUT2D eigenvalue weighted by Crippen LogP contribution is -2.61. The molecule has 1 unspecified atom stereocenters. The molecule has 19 heavy (non-hydrogen) atoms. The summed E-state index contributed by atoms with van der Waals surface area (Å²) in [7, 11) is 0. The van der Waals surface area contributed by atoms with E-state index in [0.717, 1.165) is 25.9 Å².